The van der Waals surface area contributed by atoms with Crippen molar-refractivity contribution >= 4 is 32.7 Å². The van der Waals surface area contributed by atoms with E-state index in [4.69, 9.17) is 0 Å². The zero-order valence-electron chi connectivity index (χ0n) is 10.1. The Bertz CT molecular complexity index is 628. The molecule has 2 rings (SSSR count). The van der Waals surface area contributed by atoms with Crippen LogP contribution >= 0.6 is 22.7 Å². The minimum atomic E-state index is -3.40. The van der Waals surface area contributed by atoms with E-state index in [0.29, 0.717) is 4.21 Å². The highest BCUT2D eigenvalue weighted by Crippen LogP contribution is 2.22. The lowest BCUT2D eigenvalue weighted by molar-refractivity contribution is 0.583. The van der Waals surface area contributed by atoms with Gasteiger partial charge < -0.3 is 0 Å². The topological polar surface area (TPSA) is 59.1 Å². The maximum atomic E-state index is 12.0. The Labute approximate surface area is 115 Å². The molecule has 2 heterocycles. The zero-order valence-corrected chi connectivity index (χ0v) is 12.6. The first-order valence-electron chi connectivity index (χ1n) is 5.51. The number of nitrogens with one attached hydrogen (secondary N) is 1. The summed E-state index contributed by atoms with van der Waals surface area (Å²) in [6.07, 6.45) is 2.60. The minimum absolute atomic E-state index is 0.250. The molecule has 0 spiro atoms. The van der Waals surface area contributed by atoms with E-state index in [-0.39, 0.29) is 6.54 Å². The molecule has 2 aromatic rings. The van der Waals surface area contributed by atoms with Gasteiger partial charge in [0.05, 0.1) is 6.54 Å². The summed E-state index contributed by atoms with van der Waals surface area (Å²) in [6.45, 7) is 4.21. The molecular weight excluding hydrogens is 288 g/mol. The van der Waals surface area contributed by atoms with Gasteiger partial charge in [0.2, 0.25) is 10.0 Å². The highest BCUT2D eigenvalue weighted by atomic mass is 32.2. The Kier molecular flexibility index (Phi) is 4.16. The number of hydrogen-bond donors (Lipinski definition) is 1. The fourth-order valence-corrected chi connectivity index (χ4v) is 4.55. The van der Waals surface area contributed by atoms with Crippen LogP contribution in [0.15, 0.2) is 22.5 Å². The van der Waals surface area contributed by atoms with Gasteiger partial charge >= 0.3 is 0 Å². The average Bonchev–Trinajstić information content (AvgIpc) is 2.95. The van der Waals surface area contributed by atoms with Crippen LogP contribution in [0.2, 0.25) is 0 Å². The monoisotopic (exact) mass is 302 g/mol. The number of thiophene rings is 1. The third-order valence-electron chi connectivity index (χ3n) is 2.33. The minimum Gasteiger partial charge on any atom is -0.248 e. The molecule has 2 aromatic heterocycles. The Hall–Kier alpha value is -0.760. The van der Waals surface area contributed by atoms with Crippen molar-refractivity contribution in [2.45, 2.75) is 31.0 Å². The van der Waals surface area contributed by atoms with Crippen molar-refractivity contribution in [3.63, 3.8) is 0 Å². The molecule has 0 atom stereocenters. The van der Waals surface area contributed by atoms with Crippen LogP contribution in [0.3, 0.4) is 0 Å². The summed E-state index contributed by atoms with van der Waals surface area (Å²) in [5.74, 6) is 0. The number of hydrogen-bond acceptors (Lipinski definition) is 5. The number of rotatable bonds is 5. The molecule has 4 nitrogen and oxygen atoms in total. The van der Waals surface area contributed by atoms with Crippen LogP contribution in [0.4, 0.5) is 0 Å². The van der Waals surface area contributed by atoms with E-state index in [1.165, 1.54) is 22.7 Å². The number of sulfonamides is 1. The van der Waals surface area contributed by atoms with Crippen LogP contribution in [-0.2, 0) is 23.0 Å². The van der Waals surface area contributed by atoms with E-state index in [2.05, 4.69) is 9.71 Å². The van der Waals surface area contributed by atoms with E-state index < -0.39 is 10.0 Å². The first-order valence-corrected chi connectivity index (χ1v) is 8.62. The number of aromatic nitrogens is 1. The van der Waals surface area contributed by atoms with Crippen LogP contribution < -0.4 is 4.72 Å². The standard InChI is InChI=1S/C11H14N2O2S3/c1-3-9-4-5-11(17-9)18(14,15)13-7-10-12-6-8(2)16-10/h4-6,13H,3,7H2,1-2H3. The van der Waals surface area contributed by atoms with E-state index >= 15 is 0 Å². The van der Waals surface area contributed by atoms with Crippen molar-refractivity contribution in [3.8, 4) is 0 Å². The molecular formula is C11H14N2O2S3. The van der Waals surface area contributed by atoms with Gasteiger partial charge in [-0.05, 0) is 25.5 Å². The normalized spacial score (nSPS) is 11.9. The molecule has 0 unspecified atom stereocenters. The Morgan fingerprint density at radius 3 is 2.67 bits per heavy atom. The van der Waals surface area contributed by atoms with Gasteiger partial charge in [-0.1, -0.05) is 6.92 Å². The molecule has 0 saturated heterocycles. The van der Waals surface area contributed by atoms with Gasteiger partial charge in [0.1, 0.15) is 9.22 Å². The quantitative estimate of drug-likeness (QED) is 0.923. The lowest BCUT2D eigenvalue weighted by atomic mass is 10.4. The molecule has 0 amide bonds. The van der Waals surface area contributed by atoms with Crippen LogP contribution in [-0.4, -0.2) is 13.4 Å². The summed E-state index contributed by atoms with van der Waals surface area (Å²) in [5.41, 5.74) is 0. The molecule has 0 aliphatic rings. The molecule has 0 saturated carbocycles. The highest BCUT2D eigenvalue weighted by molar-refractivity contribution is 7.91. The van der Waals surface area contributed by atoms with E-state index in [9.17, 15) is 8.42 Å². The van der Waals surface area contributed by atoms with E-state index in [1.54, 1.807) is 12.3 Å². The molecule has 0 aliphatic heterocycles. The Balaban J connectivity index is 2.07. The Morgan fingerprint density at radius 1 is 1.33 bits per heavy atom. The second kappa shape index (κ2) is 5.48. The Morgan fingerprint density at radius 2 is 2.11 bits per heavy atom. The number of aryl methyl sites for hydroxylation is 2. The van der Waals surface area contributed by atoms with Gasteiger partial charge in [-0.15, -0.1) is 22.7 Å². The summed E-state index contributed by atoms with van der Waals surface area (Å²) in [4.78, 5) is 6.28. The van der Waals surface area contributed by atoms with E-state index in [0.717, 1.165) is 21.2 Å². The molecule has 0 aromatic carbocycles. The maximum Gasteiger partial charge on any atom is 0.250 e. The van der Waals surface area contributed by atoms with Crippen molar-refractivity contribution in [2.24, 2.45) is 0 Å². The van der Waals surface area contributed by atoms with Gasteiger partial charge in [0.25, 0.3) is 0 Å². The average molecular weight is 302 g/mol. The molecule has 7 heteroatoms. The number of thiazole rings is 1. The number of nitrogens with zero attached hydrogens (tertiary/aromatic N) is 1. The fourth-order valence-electron chi connectivity index (χ4n) is 1.40. The van der Waals surface area contributed by atoms with Crippen molar-refractivity contribution in [2.75, 3.05) is 0 Å². The smallest absolute Gasteiger partial charge is 0.248 e. The van der Waals surface area contributed by atoms with Crippen LogP contribution in [0.5, 0.6) is 0 Å². The van der Waals surface area contributed by atoms with Crippen molar-refractivity contribution in [1.82, 2.24) is 9.71 Å². The van der Waals surface area contributed by atoms with Gasteiger partial charge in [-0.3, -0.25) is 0 Å². The first kappa shape index (κ1) is 13.7. The van der Waals surface area contributed by atoms with Gasteiger partial charge in [-0.25, -0.2) is 18.1 Å². The second-order valence-corrected chi connectivity index (χ2v) is 8.24. The molecule has 1 N–H and O–H groups in total. The van der Waals surface area contributed by atoms with Crippen molar-refractivity contribution in [1.29, 1.82) is 0 Å². The van der Waals surface area contributed by atoms with Crippen LogP contribution in [0.25, 0.3) is 0 Å². The first-order chi connectivity index (χ1) is 8.51. The maximum absolute atomic E-state index is 12.0. The lowest BCUT2D eigenvalue weighted by Gasteiger charge is -2.01. The van der Waals surface area contributed by atoms with Gasteiger partial charge in [0, 0.05) is 16.0 Å². The van der Waals surface area contributed by atoms with Crippen molar-refractivity contribution < 1.29 is 8.42 Å². The molecule has 0 fully saturated rings. The van der Waals surface area contributed by atoms with Gasteiger partial charge in [0.15, 0.2) is 0 Å². The SMILES string of the molecule is CCc1ccc(S(=O)(=O)NCc2ncc(C)s2)s1. The van der Waals surface area contributed by atoms with Gasteiger partial charge in [-0.2, -0.15) is 0 Å². The second-order valence-electron chi connectivity index (χ2n) is 3.76. The zero-order chi connectivity index (χ0) is 13.2. The molecule has 0 bridgehead atoms. The highest BCUT2D eigenvalue weighted by Gasteiger charge is 2.16. The lowest BCUT2D eigenvalue weighted by Crippen LogP contribution is -2.22. The largest absolute Gasteiger partial charge is 0.250 e. The van der Waals surface area contributed by atoms with E-state index in [1.807, 2.05) is 19.9 Å². The predicted octanol–water partition coefficient (Wildman–Crippen LogP) is 2.55. The molecule has 0 radical (unpaired) electrons. The molecule has 98 valence electrons. The summed E-state index contributed by atoms with van der Waals surface area (Å²) in [7, 11) is -3.40. The van der Waals surface area contributed by atoms with Crippen LogP contribution in [0, 0.1) is 6.92 Å². The summed E-state index contributed by atoms with van der Waals surface area (Å²) < 4.78 is 27.0. The summed E-state index contributed by atoms with van der Waals surface area (Å²) in [5, 5.41) is 0.781. The predicted molar refractivity (Wildman–Crippen MR) is 74.6 cm³/mol. The summed E-state index contributed by atoms with van der Waals surface area (Å²) >= 11 is 2.81. The molecule has 18 heavy (non-hydrogen) atoms. The van der Waals surface area contributed by atoms with Crippen LogP contribution in [0.1, 0.15) is 21.7 Å². The fraction of sp³-hybridized carbons (Fsp3) is 0.364. The van der Waals surface area contributed by atoms with Crippen molar-refractivity contribution in [3.05, 3.63) is 33.1 Å². The third-order valence-corrected chi connectivity index (χ3v) is 6.37. The summed E-state index contributed by atoms with van der Waals surface area (Å²) in [6, 6.07) is 3.51. The molecule has 0 aliphatic carbocycles. The third kappa shape index (κ3) is 3.17.